The second-order valence-electron chi connectivity index (χ2n) is 3.75. The Bertz CT molecular complexity index is 603. The van der Waals surface area contributed by atoms with Gasteiger partial charge in [-0.3, -0.25) is 4.79 Å². The van der Waals surface area contributed by atoms with Crippen molar-refractivity contribution in [3.05, 3.63) is 29.7 Å². The number of carbonyl (C=O) groups excluding carboxylic acids is 1. The first-order chi connectivity index (χ1) is 9.04. The number of aryl methyl sites for hydroxylation is 1. The number of nitrogens with zero attached hydrogens (tertiary/aromatic N) is 4. The van der Waals surface area contributed by atoms with Crippen LogP contribution in [0, 0.1) is 6.92 Å². The summed E-state index contributed by atoms with van der Waals surface area (Å²) in [6.07, 6.45) is 2.73. The van der Waals surface area contributed by atoms with Crippen LogP contribution in [0.3, 0.4) is 0 Å². The molecule has 2 aromatic rings. The van der Waals surface area contributed by atoms with E-state index in [1.54, 1.807) is 13.1 Å². The lowest BCUT2D eigenvalue weighted by molar-refractivity contribution is -0.122. The van der Waals surface area contributed by atoms with E-state index in [2.05, 4.69) is 20.6 Å². The molecule has 0 spiro atoms. The van der Waals surface area contributed by atoms with E-state index < -0.39 is 5.97 Å². The second kappa shape index (κ2) is 5.29. The Labute approximate surface area is 107 Å². The van der Waals surface area contributed by atoms with E-state index >= 15 is 0 Å². The summed E-state index contributed by atoms with van der Waals surface area (Å²) in [4.78, 5) is 26.1. The predicted molar refractivity (Wildman–Crippen MR) is 60.1 cm³/mol. The van der Waals surface area contributed by atoms with Crippen molar-refractivity contribution in [2.75, 3.05) is 0 Å². The van der Waals surface area contributed by atoms with Gasteiger partial charge in [-0.25, -0.2) is 14.5 Å². The highest BCUT2D eigenvalue weighted by Crippen LogP contribution is 2.00. The summed E-state index contributed by atoms with van der Waals surface area (Å²) in [5.74, 6) is -0.484. The third kappa shape index (κ3) is 3.37. The van der Waals surface area contributed by atoms with E-state index in [0.717, 1.165) is 4.68 Å². The molecular weight excluding hydrogens is 254 g/mol. The van der Waals surface area contributed by atoms with Crippen molar-refractivity contribution in [1.82, 2.24) is 25.3 Å². The van der Waals surface area contributed by atoms with Crippen molar-refractivity contribution in [2.45, 2.75) is 20.0 Å². The molecule has 0 aliphatic heterocycles. The molecule has 0 bridgehead atoms. The van der Waals surface area contributed by atoms with Crippen molar-refractivity contribution in [1.29, 1.82) is 0 Å². The Hall–Kier alpha value is -2.71. The number of nitrogens with one attached hydrogen (secondary N) is 1. The lowest BCUT2D eigenvalue weighted by Crippen LogP contribution is -2.27. The second-order valence-corrected chi connectivity index (χ2v) is 3.75. The fraction of sp³-hybridized carbons (Fsp3) is 0.300. The summed E-state index contributed by atoms with van der Waals surface area (Å²) in [6.45, 7) is 1.79. The minimum Gasteiger partial charge on any atom is -0.476 e. The summed E-state index contributed by atoms with van der Waals surface area (Å²) in [5.41, 5.74) is -0.212. The number of aromatic carboxylic acids is 1. The van der Waals surface area contributed by atoms with E-state index in [-0.39, 0.29) is 24.7 Å². The SMILES string of the molecule is Cc1cnc(CNC(=O)Cn2cc(C(=O)O)nn2)o1. The Morgan fingerprint density at radius 3 is 2.89 bits per heavy atom. The number of hydrogen-bond donors (Lipinski definition) is 2. The maximum Gasteiger partial charge on any atom is 0.358 e. The Morgan fingerprint density at radius 2 is 2.32 bits per heavy atom. The Balaban J connectivity index is 1.85. The van der Waals surface area contributed by atoms with E-state index in [1.807, 2.05) is 0 Å². The van der Waals surface area contributed by atoms with Crippen LogP contribution in [0.15, 0.2) is 16.8 Å². The van der Waals surface area contributed by atoms with Gasteiger partial charge in [0.15, 0.2) is 5.69 Å². The third-order valence-electron chi connectivity index (χ3n) is 2.17. The number of carbonyl (C=O) groups is 2. The van der Waals surface area contributed by atoms with E-state index in [9.17, 15) is 9.59 Å². The molecule has 2 N–H and O–H groups in total. The molecule has 0 saturated heterocycles. The van der Waals surface area contributed by atoms with Crippen LogP contribution in [-0.4, -0.2) is 37.0 Å². The quantitative estimate of drug-likeness (QED) is 0.753. The first-order valence-electron chi connectivity index (χ1n) is 5.36. The first kappa shape index (κ1) is 12.7. The van der Waals surface area contributed by atoms with Gasteiger partial charge in [0, 0.05) is 0 Å². The van der Waals surface area contributed by atoms with E-state index in [0.29, 0.717) is 11.7 Å². The summed E-state index contributed by atoms with van der Waals surface area (Å²) < 4.78 is 6.32. The highest BCUT2D eigenvalue weighted by atomic mass is 16.4. The van der Waals surface area contributed by atoms with Gasteiger partial charge in [-0.2, -0.15) is 0 Å². The number of carboxylic acid groups (broad SMARTS) is 1. The molecule has 2 heterocycles. The molecule has 0 aliphatic rings. The van der Waals surface area contributed by atoms with Crippen LogP contribution in [0.5, 0.6) is 0 Å². The van der Waals surface area contributed by atoms with Crippen LogP contribution < -0.4 is 5.32 Å². The molecule has 0 aromatic carbocycles. The number of oxazole rings is 1. The summed E-state index contributed by atoms with van der Waals surface area (Å²) in [6, 6.07) is 0. The van der Waals surface area contributed by atoms with Gasteiger partial charge in [-0.15, -0.1) is 5.10 Å². The van der Waals surface area contributed by atoms with Crippen molar-refractivity contribution >= 4 is 11.9 Å². The largest absolute Gasteiger partial charge is 0.476 e. The predicted octanol–water partition coefficient (Wildman–Crippen LogP) is -0.411. The van der Waals surface area contributed by atoms with Gasteiger partial charge in [0.2, 0.25) is 11.8 Å². The molecule has 2 aromatic heterocycles. The molecule has 100 valence electrons. The smallest absolute Gasteiger partial charge is 0.358 e. The molecule has 2 rings (SSSR count). The molecule has 0 radical (unpaired) electrons. The molecule has 9 heteroatoms. The Kier molecular flexibility index (Phi) is 3.55. The Morgan fingerprint density at radius 1 is 1.53 bits per heavy atom. The lowest BCUT2D eigenvalue weighted by Gasteiger charge is -2.01. The molecule has 0 unspecified atom stereocenters. The number of hydrogen-bond acceptors (Lipinski definition) is 6. The van der Waals surface area contributed by atoms with Crippen LogP contribution in [-0.2, 0) is 17.9 Å². The van der Waals surface area contributed by atoms with Crippen LogP contribution >= 0.6 is 0 Å². The number of rotatable bonds is 5. The van der Waals surface area contributed by atoms with Gasteiger partial charge in [-0.05, 0) is 6.92 Å². The van der Waals surface area contributed by atoms with Crippen LogP contribution in [0.2, 0.25) is 0 Å². The zero-order chi connectivity index (χ0) is 13.8. The molecule has 19 heavy (non-hydrogen) atoms. The van der Waals surface area contributed by atoms with Crippen LogP contribution in [0.1, 0.15) is 22.1 Å². The van der Waals surface area contributed by atoms with Crippen LogP contribution in [0.4, 0.5) is 0 Å². The summed E-state index contributed by atoms with van der Waals surface area (Å²) >= 11 is 0. The lowest BCUT2D eigenvalue weighted by atomic mass is 10.5. The molecule has 0 saturated carbocycles. The van der Waals surface area contributed by atoms with Gasteiger partial charge in [-0.1, -0.05) is 5.21 Å². The minimum atomic E-state index is -1.19. The molecular formula is C10H11N5O4. The third-order valence-corrected chi connectivity index (χ3v) is 2.17. The maximum atomic E-state index is 11.6. The topological polar surface area (TPSA) is 123 Å². The fourth-order valence-electron chi connectivity index (χ4n) is 1.33. The summed E-state index contributed by atoms with van der Waals surface area (Å²) in [7, 11) is 0. The number of aromatic nitrogens is 4. The molecule has 0 aliphatic carbocycles. The first-order valence-corrected chi connectivity index (χ1v) is 5.36. The highest BCUT2D eigenvalue weighted by molar-refractivity contribution is 5.84. The average Bonchev–Trinajstić information content (AvgIpc) is 2.96. The zero-order valence-corrected chi connectivity index (χ0v) is 10.0. The normalized spacial score (nSPS) is 10.4. The highest BCUT2D eigenvalue weighted by Gasteiger charge is 2.11. The maximum absolute atomic E-state index is 11.6. The van der Waals surface area contributed by atoms with E-state index in [4.69, 9.17) is 9.52 Å². The molecule has 9 nitrogen and oxygen atoms in total. The van der Waals surface area contributed by atoms with Gasteiger partial charge in [0.1, 0.15) is 12.3 Å². The number of amides is 1. The zero-order valence-electron chi connectivity index (χ0n) is 10.0. The fourth-order valence-corrected chi connectivity index (χ4v) is 1.33. The minimum absolute atomic E-state index is 0.125. The van der Waals surface area contributed by atoms with Gasteiger partial charge in [0.05, 0.1) is 18.9 Å². The van der Waals surface area contributed by atoms with Crippen molar-refractivity contribution in [3.63, 3.8) is 0 Å². The number of carboxylic acids is 1. The average molecular weight is 265 g/mol. The van der Waals surface area contributed by atoms with Crippen molar-refractivity contribution in [3.8, 4) is 0 Å². The summed E-state index contributed by atoms with van der Waals surface area (Å²) in [5, 5.41) is 18.1. The van der Waals surface area contributed by atoms with Gasteiger partial charge < -0.3 is 14.8 Å². The van der Waals surface area contributed by atoms with Crippen molar-refractivity contribution < 1.29 is 19.1 Å². The standard InChI is InChI=1S/C10H11N5O4/c1-6-2-12-9(19-6)3-11-8(16)5-15-4-7(10(17)18)13-14-15/h2,4H,3,5H2,1H3,(H,11,16)(H,17,18). The van der Waals surface area contributed by atoms with Crippen LogP contribution in [0.25, 0.3) is 0 Å². The molecule has 1 amide bonds. The van der Waals surface area contributed by atoms with Crippen molar-refractivity contribution in [2.24, 2.45) is 0 Å². The molecule has 0 atom stereocenters. The monoisotopic (exact) mass is 265 g/mol. The van der Waals surface area contributed by atoms with E-state index in [1.165, 1.54) is 6.20 Å². The van der Waals surface area contributed by atoms with Gasteiger partial charge in [0.25, 0.3) is 0 Å². The van der Waals surface area contributed by atoms with Gasteiger partial charge >= 0.3 is 5.97 Å². The molecule has 0 fully saturated rings.